The molecule has 0 saturated heterocycles. The summed E-state index contributed by atoms with van der Waals surface area (Å²) in [6.07, 6.45) is -1.30. The third-order valence-electron chi connectivity index (χ3n) is 2.84. The van der Waals surface area contributed by atoms with Crippen LogP contribution in [0.1, 0.15) is 23.2 Å². The fourth-order valence-corrected chi connectivity index (χ4v) is 2.02. The lowest BCUT2D eigenvalue weighted by Gasteiger charge is -2.09. The van der Waals surface area contributed by atoms with Crippen molar-refractivity contribution >= 4 is 11.6 Å². The molecule has 1 heterocycles. The lowest BCUT2D eigenvalue weighted by molar-refractivity contribution is 0.145. The Kier molecular flexibility index (Phi) is 4.10. The zero-order chi connectivity index (χ0) is 14.0. The minimum atomic E-state index is -2.65. The van der Waals surface area contributed by atoms with Gasteiger partial charge in [0.2, 0.25) is 0 Å². The summed E-state index contributed by atoms with van der Waals surface area (Å²) in [6.45, 7) is 1.64. The Morgan fingerprint density at radius 3 is 2.53 bits per heavy atom. The van der Waals surface area contributed by atoms with Crippen LogP contribution in [0.25, 0.3) is 11.1 Å². The van der Waals surface area contributed by atoms with Gasteiger partial charge in [0.05, 0.1) is 0 Å². The molecule has 100 valence electrons. The van der Waals surface area contributed by atoms with Gasteiger partial charge >= 0.3 is 0 Å². The van der Waals surface area contributed by atoms with E-state index in [1.807, 2.05) is 0 Å². The molecule has 0 amide bonds. The molecule has 0 radical (unpaired) electrons. The lowest BCUT2D eigenvalue weighted by atomic mass is 10.0. The van der Waals surface area contributed by atoms with Gasteiger partial charge < -0.3 is 0 Å². The standard InChI is InChI=1S/C14H11ClF3N/c1-8-4-9(2-3-12(8)16)11-5-10(6-15)13(14(17)18)19-7-11/h2-5,7,14H,6H2,1H3. The fraction of sp³-hybridized carbons (Fsp3) is 0.214. The summed E-state index contributed by atoms with van der Waals surface area (Å²) in [5, 5.41) is 0. The minimum absolute atomic E-state index is 0.0410. The minimum Gasteiger partial charge on any atom is -0.254 e. The highest BCUT2D eigenvalue weighted by Crippen LogP contribution is 2.28. The van der Waals surface area contributed by atoms with Crippen molar-refractivity contribution in [2.45, 2.75) is 19.2 Å². The van der Waals surface area contributed by atoms with Crippen LogP contribution in [0.4, 0.5) is 13.2 Å². The quantitative estimate of drug-likeness (QED) is 0.733. The normalized spacial score (nSPS) is 11.1. The Morgan fingerprint density at radius 2 is 1.95 bits per heavy atom. The summed E-state index contributed by atoms with van der Waals surface area (Å²) in [7, 11) is 0. The van der Waals surface area contributed by atoms with E-state index in [-0.39, 0.29) is 23.0 Å². The first kappa shape index (κ1) is 13.9. The van der Waals surface area contributed by atoms with Crippen LogP contribution in [0, 0.1) is 12.7 Å². The van der Waals surface area contributed by atoms with Crippen molar-refractivity contribution in [2.24, 2.45) is 0 Å². The Balaban J connectivity index is 2.48. The molecule has 1 aromatic carbocycles. The van der Waals surface area contributed by atoms with Gasteiger partial charge in [-0.3, -0.25) is 4.98 Å². The molecule has 0 aliphatic rings. The third-order valence-corrected chi connectivity index (χ3v) is 3.13. The Labute approximate surface area is 114 Å². The molecule has 0 atom stereocenters. The van der Waals surface area contributed by atoms with Gasteiger partial charge in [0, 0.05) is 17.6 Å². The maximum atomic E-state index is 13.2. The van der Waals surface area contributed by atoms with Crippen LogP contribution in [0.3, 0.4) is 0 Å². The molecule has 1 nitrogen and oxygen atoms in total. The highest BCUT2D eigenvalue weighted by Gasteiger charge is 2.15. The van der Waals surface area contributed by atoms with Gasteiger partial charge in [0.15, 0.2) is 0 Å². The molecule has 5 heteroatoms. The Bertz CT molecular complexity index is 599. The predicted molar refractivity (Wildman–Crippen MR) is 68.9 cm³/mol. The maximum Gasteiger partial charge on any atom is 0.280 e. The predicted octanol–water partition coefficient (Wildman–Crippen LogP) is 4.87. The molecule has 1 aromatic heterocycles. The fourth-order valence-electron chi connectivity index (χ4n) is 1.81. The van der Waals surface area contributed by atoms with E-state index < -0.39 is 6.43 Å². The summed E-state index contributed by atoms with van der Waals surface area (Å²) >= 11 is 5.66. The van der Waals surface area contributed by atoms with Crippen molar-refractivity contribution in [1.82, 2.24) is 4.98 Å². The van der Waals surface area contributed by atoms with Crippen molar-refractivity contribution < 1.29 is 13.2 Å². The maximum absolute atomic E-state index is 13.2. The summed E-state index contributed by atoms with van der Waals surface area (Å²) in [6, 6.07) is 6.13. The molecule has 0 bridgehead atoms. The second kappa shape index (κ2) is 5.61. The van der Waals surface area contributed by atoms with E-state index in [9.17, 15) is 13.2 Å². The molecule has 2 rings (SSSR count). The average Bonchev–Trinajstić information content (AvgIpc) is 2.41. The second-order valence-electron chi connectivity index (χ2n) is 4.17. The smallest absolute Gasteiger partial charge is 0.254 e. The van der Waals surface area contributed by atoms with Gasteiger partial charge in [-0.15, -0.1) is 11.6 Å². The summed E-state index contributed by atoms with van der Waals surface area (Å²) in [5.41, 5.74) is 1.83. The van der Waals surface area contributed by atoms with E-state index in [0.717, 1.165) is 5.56 Å². The number of pyridine rings is 1. The van der Waals surface area contributed by atoms with Crippen LogP contribution in [0.2, 0.25) is 0 Å². The molecule has 0 aliphatic carbocycles. The van der Waals surface area contributed by atoms with Gasteiger partial charge in [-0.1, -0.05) is 6.07 Å². The molecule has 2 aromatic rings. The molecule has 0 spiro atoms. The average molecular weight is 286 g/mol. The highest BCUT2D eigenvalue weighted by atomic mass is 35.5. The van der Waals surface area contributed by atoms with Gasteiger partial charge in [-0.2, -0.15) is 0 Å². The van der Waals surface area contributed by atoms with Crippen LogP contribution in [-0.4, -0.2) is 4.98 Å². The first-order chi connectivity index (χ1) is 9.02. The number of aryl methyl sites for hydroxylation is 1. The van der Waals surface area contributed by atoms with Gasteiger partial charge in [0.1, 0.15) is 11.5 Å². The molecule has 0 fully saturated rings. The number of aromatic nitrogens is 1. The zero-order valence-electron chi connectivity index (χ0n) is 10.1. The number of halogens is 4. The number of hydrogen-bond acceptors (Lipinski definition) is 1. The van der Waals surface area contributed by atoms with Crippen molar-refractivity contribution in [3.8, 4) is 11.1 Å². The van der Waals surface area contributed by atoms with Crippen molar-refractivity contribution in [3.05, 3.63) is 53.1 Å². The van der Waals surface area contributed by atoms with E-state index in [1.165, 1.54) is 12.3 Å². The lowest BCUT2D eigenvalue weighted by Crippen LogP contribution is -1.97. The molecule has 0 saturated carbocycles. The van der Waals surface area contributed by atoms with Crippen LogP contribution >= 0.6 is 11.6 Å². The summed E-state index contributed by atoms with van der Waals surface area (Å²) in [4.78, 5) is 3.75. The molecule has 0 aliphatic heterocycles. The molecule has 19 heavy (non-hydrogen) atoms. The Morgan fingerprint density at radius 1 is 1.21 bits per heavy atom. The molecule has 0 unspecified atom stereocenters. The van der Waals surface area contributed by atoms with E-state index in [4.69, 9.17) is 11.6 Å². The van der Waals surface area contributed by atoms with Crippen molar-refractivity contribution in [1.29, 1.82) is 0 Å². The first-order valence-corrected chi connectivity index (χ1v) is 6.16. The molecule has 0 N–H and O–H groups in total. The summed E-state index contributed by atoms with van der Waals surface area (Å²) in [5.74, 6) is -0.348. The van der Waals surface area contributed by atoms with Gasteiger partial charge in [0.25, 0.3) is 6.43 Å². The van der Waals surface area contributed by atoms with Crippen LogP contribution in [-0.2, 0) is 5.88 Å². The van der Waals surface area contributed by atoms with Crippen molar-refractivity contribution in [2.75, 3.05) is 0 Å². The van der Waals surface area contributed by atoms with E-state index in [1.54, 1.807) is 25.1 Å². The summed E-state index contributed by atoms with van der Waals surface area (Å²) < 4.78 is 38.6. The topological polar surface area (TPSA) is 12.9 Å². The van der Waals surface area contributed by atoms with Crippen LogP contribution in [0.5, 0.6) is 0 Å². The second-order valence-corrected chi connectivity index (χ2v) is 4.43. The van der Waals surface area contributed by atoms with Gasteiger partial charge in [-0.25, -0.2) is 13.2 Å². The van der Waals surface area contributed by atoms with E-state index in [2.05, 4.69) is 4.98 Å². The first-order valence-electron chi connectivity index (χ1n) is 5.62. The third kappa shape index (κ3) is 2.89. The number of hydrogen-bond donors (Lipinski definition) is 0. The monoisotopic (exact) mass is 285 g/mol. The number of rotatable bonds is 3. The van der Waals surface area contributed by atoms with Crippen LogP contribution < -0.4 is 0 Å². The molecular weight excluding hydrogens is 275 g/mol. The largest absolute Gasteiger partial charge is 0.280 e. The van der Waals surface area contributed by atoms with Crippen LogP contribution in [0.15, 0.2) is 30.5 Å². The number of benzene rings is 1. The Hall–Kier alpha value is -1.55. The number of nitrogens with zero attached hydrogens (tertiary/aromatic N) is 1. The van der Waals surface area contributed by atoms with E-state index in [0.29, 0.717) is 11.1 Å². The molecular formula is C14H11ClF3N. The van der Waals surface area contributed by atoms with Gasteiger partial charge in [-0.05, 0) is 41.8 Å². The highest BCUT2D eigenvalue weighted by molar-refractivity contribution is 6.17. The van der Waals surface area contributed by atoms with Crippen molar-refractivity contribution in [3.63, 3.8) is 0 Å². The SMILES string of the molecule is Cc1cc(-c2cnc(C(F)F)c(CCl)c2)ccc1F. The number of alkyl halides is 3. The van der Waals surface area contributed by atoms with E-state index >= 15 is 0 Å². The zero-order valence-corrected chi connectivity index (χ0v) is 10.9.